The van der Waals surface area contributed by atoms with Crippen molar-refractivity contribution in [3.63, 3.8) is 0 Å². The third-order valence-corrected chi connectivity index (χ3v) is 7.30. The molecule has 0 radical (unpaired) electrons. The van der Waals surface area contributed by atoms with E-state index in [9.17, 15) is 13.2 Å². The number of benzene rings is 2. The van der Waals surface area contributed by atoms with Crippen LogP contribution in [0.3, 0.4) is 0 Å². The Kier molecular flexibility index (Phi) is 5.49. The lowest BCUT2D eigenvalue weighted by molar-refractivity contribution is -0.143. The molecule has 2 atom stereocenters. The molecule has 2 aromatic carbocycles. The van der Waals surface area contributed by atoms with Gasteiger partial charge in [-0.15, -0.1) is 0 Å². The van der Waals surface area contributed by atoms with E-state index in [-0.39, 0.29) is 16.9 Å². The first-order chi connectivity index (χ1) is 14.7. The molecule has 7 heteroatoms. The highest BCUT2D eigenvalue weighted by atomic mass is 32.2. The number of nitrogens with zero attached hydrogens (tertiary/aromatic N) is 1. The van der Waals surface area contributed by atoms with Crippen LogP contribution in [0.4, 0.5) is 0 Å². The number of aryl methyl sites for hydroxylation is 1. The average molecular weight is 439 g/mol. The summed E-state index contributed by atoms with van der Waals surface area (Å²) in [6.45, 7) is 5.91. The Labute approximate surface area is 182 Å². The molecule has 1 aromatic heterocycles. The largest absolute Gasteiger partial charge is 0.468 e. The molecule has 0 unspecified atom stereocenters. The molecule has 6 nitrogen and oxygen atoms in total. The summed E-state index contributed by atoms with van der Waals surface area (Å²) in [5.74, 6) is -0.373. The zero-order valence-corrected chi connectivity index (χ0v) is 18.9. The van der Waals surface area contributed by atoms with Gasteiger partial charge in [-0.05, 0) is 50.1 Å². The molecule has 0 spiro atoms. The fourth-order valence-corrected chi connectivity index (χ4v) is 5.54. The number of carbonyl (C=O) groups excluding carboxylic acids is 1. The second-order valence-electron chi connectivity index (χ2n) is 8.18. The highest BCUT2D eigenvalue weighted by Gasteiger charge is 2.32. The van der Waals surface area contributed by atoms with Crippen molar-refractivity contribution in [1.29, 1.82) is 0 Å². The van der Waals surface area contributed by atoms with Crippen LogP contribution in [-0.4, -0.2) is 31.5 Å². The first-order valence-electron chi connectivity index (χ1n) is 10.2. The standard InChI is InChI=1S/C24H26N2O4S/c1-15(2)12-20-19-6-5-7-22-23(19)17(13-21(25-20)24(27)30-4)14-26(22)31(28,29)18-10-8-16(3)9-11-18/h5-12,14,20-21,25H,13H2,1-4H3/t20-,21-/m0/s1. The smallest absolute Gasteiger partial charge is 0.323 e. The molecule has 3 aromatic rings. The molecule has 0 bridgehead atoms. The van der Waals surface area contributed by atoms with Gasteiger partial charge in [-0.25, -0.2) is 12.4 Å². The van der Waals surface area contributed by atoms with Gasteiger partial charge in [-0.2, -0.15) is 0 Å². The van der Waals surface area contributed by atoms with Gasteiger partial charge in [0.1, 0.15) is 6.04 Å². The van der Waals surface area contributed by atoms with Crippen LogP contribution in [0.1, 0.15) is 36.6 Å². The summed E-state index contributed by atoms with van der Waals surface area (Å²) in [5, 5.41) is 4.24. The van der Waals surface area contributed by atoms with Crippen molar-refractivity contribution >= 4 is 26.9 Å². The number of ether oxygens (including phenoxy) is 1. The Balaban J connectivity index is 1.96. The van der Waals surface area contributed by atoms with E-state index in [1.165, 1.54) is 11.1 Å². The number of carbonyl (C=O) groups is 1. The summed E-state index contributed by atoms with van der Waals surface area (Å²) >= 11 is 0. The number of esters is 1. The molecule has 0 saturated heterocycles. The summed E-state index contributed by atoms with van der Waals surface area (Å²) in [5.41, 5.74) is 4.43. The average Bonchev–Trinajstić information content (AvgIpc) is 3.03. The van der Waals surface area contributed by atoms with Crippen molar-refractivity contribution in [1.82, 2.24) is 9.29 Å². The van der Waals surface area contributed by atoms with E-state index in [1.54, 1.807) is 30.5 Å². The number of nitrogens with one attached hydrogen (secondary N) is 1. The third-order valence-electron chi connectivity index (χ3n) is 5.61. The number of hydrogen-bond acceptors (Lipinski definition) is 5. The maximum atomic E-state index is 13.5. The molecule has 0 fully saturated rings. The fraction of sp³-hybridized carbons (Fsp3) is 0.292. The van der Waals surface area contributed by atoms with Gasteiger partial charge in [-0.3, -0.25) is 10.1 Å². The highest BCUT2D eigenvalue weighted by Crippen LogP contribution is 2.36. The van der Waals surface area contributed by atoms with Crippen molar-refractivity contribution in [3.05, 3.63) is 77.0 Å². The van der Waals surface area contributed by atoms with Gasteiger partial charge < -0.3 is 4.74 Å². The molecule has 0 saturated carbocycles. The molecule has 0 aliphatic carbocycles. The lowest BCUT2D eigenvalue weighted by Crippen LogP contribution is -2.40. The van der Waals surface area contributed by atoms with Crippen LogP contribution in [-0.2, 0) is 26.0 Å². The Bertz CT molecular complexity index is 1280. The predicted octanol–water partition coefficient (Wildman–Crippen LogP) is 3.88. The number of aromatic nitrogens is 1. The molecule has 162 valence electrons. The summed E-state index contributed by atoms with van der Waals surface area (Å²) in [6, 6.07) is 11.6. The summed E-state index contributed by atoms with van der Waals surface area (Å²) in [6.07, 6.45) is 4.03. The minimum atomic E-state index is -3.79. The van der Waals surface area contributed by atoms with E-state index in [1.807, 2.05) is 45.0 Å². The third kappa shape index (κ3) is 3.79. The molecule has 2 heterocycles. The van der Waals surface area contributed by atoms with Gasteiger partial charge in [0.25, 0.3) is 10.0 Å². The van der Waals surface area contributed by atoms with Gasteiger partial charge in [0, 0.05) is 18.0 Å². The van der Waals surface area contributed by atoms with Gasteiger partial charge in [0.2, 0.25) is 0 Å². The van der Waals surface area contributed by atoms with Gasteiger partial charge in [-0.1, -0.05) is 41.5 Å². The topological polar surface area (TPSA) is 77.4 Å². The molecule has 4 rings (SSSR count). The van der Waals surface area contributed by atoms with Crippen LogP contribution in [0, 0.1) is 6.92 Å². The number of methoxy groups -OCH3 is 1. The summed E-state index contributed by atoms with van der Waals surface area (Å²) in [7, 11) is -2.43. The number of hydrogen-bond donors (Lipinski definition) is 1. The van der Waals surface area contributed by atoms with E-state index in [0.29, 0.717) is 11.9 Å². The first-order valence-corrected chi connectivity index (χ1v) is 11.6. The molecule has 0 amide bonds. The Hall–Kier alpha value is -2.90. The van der Waals surface area contributed by atoms with Gasteiger partial charge in [0.15, 0.2) is 0 Å². The summed E-state index contributed by atoms with van der Waals surface area (Å²) < 4.78 is 33.3. The van der Waals surface area contributed by atoms with Crippen molar-refractivity contribution < 1.29 is 17.9 Å². The van der Waals surface area contributed by atoms with E-state index in [0.717, 1.165) is 27.6 Å². The maximum Gasteiger partial charge on any atom is 0.323 e. The van der Waals surface area contributed by atoms with Crippen LogP contribution < -0.4 is 5.32 Å². The van der Waals surface area contributed by atoms with Crippen LogP contribution in [0.5, 0.6) is 0 Å². The van der Waals surface area contributed by atoms with Crippen LogP contribution >= 0.6 is 0 Å². The van der Waals surface area contributed by atoms with Crippen molar-refractivity contribution in [2.24, 2.45) is 0 Å². The van der Waals surface area contributed by atoms with Crippen LogP contribution in [0.25, 0.3) is 10.9 Å². The van der Waals surface area contributed by atoms with Crippen molar-refractivity contribution in [3.8, 4) is 0 Å². The zero-order valence-electron chi connectivity index (χ0n) is 18.0. The lowest BCUT2D eigenvalue weighted by atomic mass is 9.99. The lowest BCUT2D eigenvalue weighted by Gasteiger charge is -2.21. The van der Waals surface area contributed by atoms with Crippen molar-refractivity contribution in [2.45, 2.75) is 44.2 Å². The Morgan fingerprint density at radius 3 is 2.52 bits per heavy atom. The maximum absolute atomic E-state index is 13.5. The minimum absolute atomic E-state index is 0.229. The molecule has 1 aliphatic heterocycles. The van der Waals surface area contributed by atoms with E-state index in [2.05, 4.69) is 5.32 Å². The predicted molar refractivity (Wildman–Crippen MR) is 121 cm³/mol. The normalized spacial score (nSPS) is 18.5. The van der Waals surface area contributed by atoms with Gasteiger partial charge in [0.05, 0.1) is 23.6 Å². The van der Waals surface area contributed by atoms with E-state index < -0.39 is 16.1 Å². The van der Waals surface area contributed by atoms with Gasteiger partial charge >= 0.3 is 5.97 Å². The molecular formula is C24H26N2O4S. The molecule has 1 aliphatic rings. The Morgan fingerprint density at radius 1 is 1.16 bits per heavy atom. The second kappa shape index (κ2) is 7.98. The van der Waals surface area contributed by atoms with Crippen molar-refractivity contribution in [2.75, 3.05) is 7.11 Å². The Morgan fingerprint density at radius 2 is 1.87 bits per heavy atom. The molecular weight excluding hydrogens is 412 g/mol. The second-order valence-corrected chi connectivity index (χ2v) is 9.99. The minimum Gasteiger partial charge on any atom is -0.468 e. The van der Waals surface area contributed by atoms with Crippen LogP contribution in [0.15, 0.2) is 65.2 Å². The van der Waals surface area contributed by atoms with E-state index in [4.69, 9.17) is 4.74 Å². The number of allylic oxidation sites excluding steroid dienone is 1. The quantitative estimate of drug-likeness (QED) is 0.494. The first kappa shape index (κ1) is 21.3. The fourth-order valence-electron chi connectivity index (χ4n) is 4.15. The monoisotopic (exact) mass is 438 g/mol. The van der Waals surface area contributed by atoms with Crippen LogP contribution in [0.2, 0.25) is 0 Å². The zero-order chi connectivity index (χ0) is 22.3. The number of rotatable bonds is 4. The molecule has 1 N–H and O–H groups in total. The molecule has 31 heavy (non-hydrogen) atoms. The van der Waals surface area contributed by atoms with E-state index >= 15 is 0 Å². The SMILES string of the molecule is COC(=O)[C@@H]1Cc2cn(S(=O)(=O)c3ccc(C)cc3)c3cccc(c23)[C@H](C=C(C)C)N1. The highest BCUT2D eigenvalue weighted by molar-refractivity contribution is 7.90. The summed E-state index contributed by atoms with van der Waals surface area (Å²) in [4.78, 5) is 12.7.